The average molecular weight is 496 g/mol. The highest BCUT2D eigenvalue weighted by Gasteiger charge is 2.19. The van der Waals surface area contributed by atoms with Crippen molar-refractivity contribution in [2.75, 3.05) is 23.3 Å². The number of pyridine rings is 1. The molecule has 1 amide bonds. The molecule has 192 valence electrons. The number of aromatic nitrogens is 1. The Bertz CT molecular complexity index is 1290. The van der Waals surface area contributed by atoms with Gasteiger partial charge in [0.1, 0.15) is 5.82 Å². The standard InChI is InChI=1S/C31H37N5O/c1-21-13-15-36(16-14-21)30-23(3)17-27(20-33-30)31(37)35-28-11-8-10-26(18-28)25(5)34-24(4)19-32-29-12-7-6-9-22(29)2/h6,8,10-12,17-21,25,34H,2,9,13-16H2,1,3-5H3,(H,35,37)/b24-19+,32-29?/t25-/m0/s1. The van der Waals surface area contributed by atoms with E-state index in [0.717, 1.165) is 65.0 Å². The van der Waals surface area contributed by atoms with Crippen LogP contribution in [0.25, 0.3) is 0 Å². The van der Waals surface area contributed by atoms with Gasteiger partial charge in [0.15, 0.2) is 0 Å². The second-order valence-corrected chi connectivity index (χ2v) is 10.1. The monoisotopic (exact) mass is 495 g/mol. The van der Waals surface area contributed by atoms with E-state index in [1.807, 2.05) is 62.5 Å². The number of hydrogen-bond acceptors (Lipinski definition) is 5. The SMILES string of the molecule is C=C1CC=C=CC1=N/C=C(\C)N[C@@H](C)c1cccc(NC(=O)c2cnc(N3CCC(C)CC3)c(C)c2)c1. The summed E-state index contributed by atoms with van der Waals surface area (Å²) in [5.41, 5.74) is 9.26. The topological polar surface area (TPSA) is 69.6 Å². The zero-order valence-electron chi connectivity index (χ0n) is 22.3. The zero-order chi connectivity index (χ0) is 26.4. The Morgan fingerprint density at radius 3 is 2.81 bits per heavy atom. The van der Waals surface area contributed by atoms with Crippen molar-refractivity contribution in [3.63, 3.8) is 0 Å². The number of amides is 1. The van der Waals surface area contributed by atoms with Gasteiger partial charge in [-0.15, -0.1) is 5.73 Å². The van der Waals surface area contributed by atoms with Crippen LogP contribution >= 0.6 is 0 Å². The molecular weight excluding hydrogens is 458 g/mol. The molecule has 4 rings (SSSR count). The number of nitrogens with zero attached hydrogens (tertiary/aromatic N) is 3. The third kappa shape index (κ3) is 6.87. The van der Waals surface area contributed by atoms with Gasteiger partial charge in [0.05, 0.1) is 11.3 Å². The van der Waals surface area contributed by atoms with E-state index < -0.39 is 0 Å². The number of nitrogens with one attached hydrogen (secondary N) is 2. The lowest BCUT2D eigenvalue weighted by Gasteiger charge is -2.32. The van der Waals surface area contributed by atoms with Gasteiger partial charge in [0.25, 0.3) is 5.91 Å². The van der Waals surface area contributed by atoms with E-state index >= 15 is 0 Å². The molecule has 1 aromatic carbocycles. The molecule has 0 unspecified atom stereocenters. The van der Waals surface area contributed by atoms with Gasteiger partial charge in [-0.2, -0.15) is 0 Å². The van der Waals surface area contributed by atoms with E-state index in [1.54, 1.807) is 6.20 Å². The molecule has 0 radical (unpaired) electrons. The summed E-state index contributed by atoms with van der Waals surface area (Å²) in [6, 6.07) is 9.87. The van der Waals surface area contributed by atoms with E-state index in [9.17, 15) is 4.79 Å². The lowest BCUT2D eigenvalue weighted by atomic mass is 9.99. The highest BCUT2D eigenvalue weighted by atomic mass is 16.1. The number of rotatable bonds is 7. The fraction of sp³-hybridized carbons (Fsp3) is 0.355. The first-order valence-corrected chi connectivity index (χ1v) is 13.0. The Morgan fingerprint density at radius 1 is 1.30 bits per heavy atom. The van der Waals surface area contributed by atoms with Gasteiger partial charge in [0.2, 0.25) is 0 Å². The molecule has 2 heterocycles. The highest BCUT2D eigenvalue weighted by Crippen LogP contribution is 2.25. The van der Waals surface area contributed by atoms with Crippen molar-refractivity contribution in [3.8, 4) is 0 Å². The minimum absolute atomic E-state index is 0.0359. The summed E-state index contributed by atoms with van der Waals surface area (Å²) >= 11 is 0. The predicted molar refractivity (Wildman–Crippen MR) is 153 cm³/mol. The number of allylic oxidation sites excluding steroid dienone is 3. The normalized spacial score (nSPS) is 18.3. The Kier molecular flexibility index (Phi) is 8.42. The third-order valence-corrected chi connectivity index (χ3v) is 6.93. The molecule has 37 heavy (non-hydrogen) atoms. The largest absolute Gasteiger partial charge is 0.381 e. The van der Waals surface area contributed by atoms with Crippen molar-refractivity contribution in [3.05, 3.63) is 95.2 Å². The number of carbonyl (C=O) groups is 1. The second kappa shape index (κ2) is 11.9. The smallest absolute Gasteiger partial charge is 0.257 e. The Hall–Kier alpha value is -3.89. The van der Waals surface area contributed by atoms with Crippen molar-refractivity contribution >= 4 is 23.1 Å². The molecule has 1 aromatic heterocycles. The van der Waals surface area contributed by atoms with E-state index in [2.05, 4.69) is 51.7 Å². The third-order valence-electron chi connectivity index (χ3n) is 6.93. The number of carbonyl (C=O) groups excluding carboxylic acids is 1. The quantitative estimate of drug-likeness (QED) is 0.430. The van der Waals surface area contributed by atoms with Crippen molar-refractivity contribution in [1.29, 1.82) is 0 Å². The van der Waals surface area contributed by atoms with Crippen LogP contribution in [-0.4, -0.2) is 29.7 Å². The van der Waals surface area contributed by atoms with E-state index in [4.69, 9.17) is 0 Å². The van der Waals surface area contributed by atoms with Gasteiger partial charge in [-0.3, -0.25) is 9.79 Å². The molecule has 2 aliphatic rings. The molecule has 2 aromatic rings. The minimum Gasteiger partial charge on any atom is -0.381 e. The first-order valence-electron chi connectivity index (χ1n) is 13.0. The summed E-state index contributed by atoms with van der Waals surface area (Å²) in [6.45, 7) is 14.5. The van der Waals surface area contributed by atoms with Crippen molar-refractivity contribution in [2.24, 2.45) is 10.9 Å². The number of piperidine rings is 1. The van der Waals surface area contributed by atoms with Crippen LogP contribution in [0.15, 0.2) is 83.5 Å². The summed E-state index contributed by atoms with van der Waals surface area (Å²) in [6.07, 6.45) is 10.4. The van der Waals surface area contributed by atoms with Crippen LogP contribution < -0.4 is 15.5 Å². The van der Waals surface area contributed by atoms with Crippen LogP contribution in [0, 0.1) is 12.8 Å². The van der Waals surface area contributed by atoms with Crippen molar-refractivity contribution in [2.45, 2.75) is 53.0 Å². The zero-order valence-corrected chi connectivity index (χ0v) is 22.3. The van der Waals surface area contributed by atoms with Gasteiger partial charge in [-0.25, -0.2) is 4.98 Å². The summed E-state index contributed by atoms with van der Waals surface area (Å²) in [7, 11) is 0. The van der Waals surface area contributed by atoms with Crippen molar-refractivity contribution < 1.29 is 4.79 Å². The van der Waals surface area contributed by atoms with Gasteiger partial charge in [0, 0.05) is 49.0 Å². The van der Waals surface area contributed by atoms with Crippen LogP contribution in [0.2, 0.25) is 0 Å². The molecule has 1 atom stereocenters. The molecule has 1 fully saturated rings. The fourth-order valence-corrected chi connectivity index (χ4v) is 4.62. The number of anilines is 2. The predicted octanol–water partition coefficient (Wildman–Crippen LogP) is 6.50. The molecular formula is C31H37N5O. The first kappa shape index (κ1) is 26.2. The van der Waals surface area contributed by atoms with E-state index in [-0.39, 0.29) is 11.9 Å². The molecule has 0 spiro atoms. The summed E-state index contributed by atoms with van der Waals surface area (Å²) < 4.78 is 0. The number of aliphatic imine (C=N–C) groups is 1. The molecule has 2 N–H and O–H groups in total. The molecule has 6 nitrogen and oxygen atoms in total. The maximum Gasteiger partial charge on any atom is 0.257 e. The average Bonchev–Trinajstić information content (AvgIpc) is 2.89. The molecule has 1 aliphatic carbocycles. The van der Waals surface area contributed by atoms with Crippen LogP contribution in [-0.2, 0) is 0 Å². The van der Waals surface area contributed by atoms with Crippen LogP contribution in [0.5, 0.6) is 0 Å². The van der Waals surface area contributed by atoms with Crippen LogP contribution in [0.1, 0.15) is 67.6 Å². The maximum atomic E-state index is 13.0. The second-order valence-electron chi connectivity index (χ2n) is 10.1. The number of hydrogen-bond donors (Lipinski definition) is 2. The van der Waals surface area contributed by atoms with Gasteiger partial charge >= 0.3 is 0 Å². The number of benzene rings is 1. The first-order chi connectivity index (χ1) is 17.8. The fourth-order valence-electron chi connectivity index (χ4n) is 4.62. The molecule has 1 aliphatic heterocycles. The summed E-state index contributed by atoms with van der Waals surface area (Å²) in [5, 5.41) is 6.50. The number of aryl methyl sites for hydroxylation is 1. The van der Waals surface area contributed by atoms with E-state index in [0.29, 0.717) is 5.56 Å². The lowest BCUT2D eigenvalue weighted by molar-refractivity contribution is 0.102. The maximum absolute atomic E-state index is 13.0. The van der Waals surface area contributed by atoms with Crippen molar-refractivity contribution in [1.82, 2.24) is 10.3 Å². The highest BCUT2D eigenvalue weighted by molar-refractivity contribution is 6.09. The minimum atomic E-state index is -0.158. The lowest BCUT2D eigenvalue weighted by Crippen LogP contribution is -2.34. The van der Waals surface area contributed by atoms with Gasteiger partial charge in [-0.1, -0.05) is 25.6 Å². The molecule has 6 heteroatoms. The summed E-state index contributed by atoms with van der Waals surface area (Å²) in [5.74, 6) is 1.59. The van der Waals surface area contributed by atoms with Gasteiger partial charge in [-0.05, 0) is 86.9 Å². The van der Waals surface area contributed by atoms with Gasteiger partial charge < -0.3 is 15.5 Å². The summed E-state index contributed by atoms with van der Waals surface area (Å²) in [4.78, 5) is 24.5. The van der Waals surface area contributed by atoms with E-state index in [1.165, 1.54) is 12.8 Å². The van der Waals surface area contributed by atoms with Crippen LogP contribution in [0.4, 0.5) is 11.5 Å². The Balaban J connectivity index is 1.39. The molecule has 0 bridgehead atoms. The molecule has 0 saturated carbocycles. The van der Waals surface area contributed by atoms with Crippen LogP contribution in [0.3, 0.4) is 0 Å². The Morgan fingerprint density at radius 2 is 2.08 bits per heavy atom. The Labute approximate surface area is 220 Å². The molecule has 1 saturated heterocycles.